The van der Waals surface area contributed by atoms with Gasteiger partial charge < -0.3 is 25.5 Å². The summed E-state index contributed by atoms with van der Waals surface area (Å²) in [6.45, 7) is -1.53. The lowest BCUT2D eigenvalue weighted by molar-refractivity contribution is -0.136. The molecule has 0 aliphatic carbocycles. The van der Waals surface area contributed by atoms with Gasteiger partial charge in [-0.15, -0.1) is 0 Å². The SMILES string of the molecule is O=C(O)CCc1nc2c(=O)[nH]c(=O)[nH]c2n(C[C@H](O)[C@H](O)[C@H](O)CO)c1=O. The number of aliphatic hydroxyl groups is 4. The molecule has 0 radical (unpaired) electrons. The molecule has 0 bridgehead atoms. The molecule has 3 atom stereocenters. The van der Waals surface area contributed by atoms with E-state index >= 15 is 0 Å². The van der Waals surface area contributed by atoms with E-state index in [0.717, 1.165) is 4.57 Å². The molecule has 0 aromatic carbocycles. The molecule has 0 spiro atoms. The first kappa shape index (κ1) is 20.4. The quantitative estimate of drug-likeness (QED) is 0.232. The Balaban J connectivity index is 2.62. The molecule has 27 heavy (non-hydrogen) atoms. The van der Waals surface area contributed by atoms with Crippen LogP contribution in [-0.2, 0) is 17.8 Å². The number of carbonyl (C=O) groups is 1. The number of aromatic nitrogens is 4. The van der Waals surface area contributed by atoms with Gasteiger partial charge in [-0.2, -0.15) is 0 Å². The maximum absolute atomic E-state index is 12.6. The molecule has 0 aliphatic heterocycles. The number of aryl methyl sites for hydroxylation is 1. The monoisotopic (exact) mass is 386 g/mol. The van der Waals surface area contributed by atoms with Gasteiger partial charge in [-0.25, -0.2) is 9.78 Å². The van der Waals surface area contributed by atoms with Gasteiger partial charge >= 0.3 is 11.7 Å². The van der Waals surface area contributed by atoms with Gasteiger partial charge in [0.05, 0.1) is 19.6 Å². The van der Waals surface area contributed by atoms with Crippen molar-refractivity contribution in [3.8, 4) is 0 Å². The molecule has 2 heterocycles. The molecule has 0 saturated carbocycles. The largest absolute Gasteiger partial charge is 0.481 e. The summed E-state index contributed by atoms with van der Waals surface area (Å²) in [6, 6.07) is 0. The smallest absolute Gasteiger partial charge is 0.327 e. The summed E-state index contributed by atoms with van der Waals surface area (Å²) in [5, 5.41) is 46.8. The number of hydrogen-bond acceptors (Lipinski definition) is 9. The highest BCUT2D eigenvalue weighted by Crippen LogP contribution is 2.07. The van der Waals surface area contributed by atoms with Crippen LogP contribution in [0.4, 0.5) is 0 Å². The Kier molecular flexibility index (Phi) is 6.22. The van der Waals surface area contributed by atoms with Crippen LogP contribution >= 0.6 is 0 Å². The van der Waals surface area contributed by atoms with Crippen molar-refractivity contribution in [2.24, 2.45) is 0 Å². The summed E-state index contributed by atoms with van der Waals surface area (Å²) in [5.41, 5.74) is -3.81. The lowest BCUT2D eigenvalue weighted by Crippen LogP contribution is -2.44. The van der Waals surface area contributed by atoms with E-state index in [1.807, 2.05) is 4.98 Å². The molecular formula is C14H18N4O9. The van der Waals surface area contributed by atoms with Crippen molar-refractivity contribution in [1.82, 2.24) is 19.5 Å². The highest BCUT2D eigenvalue weighted by atomic mass is 16.4. The van der Waals surface area contributed by atoms with Gasteiger partial charge in [-0.05, 0) is 0 Å². The maximum atomic E-state index is 12.6. The number of carboxylic acid groups (broad SMARTS) is 1. The number of aromatic amines is 2. The van der Waals surface area contributed by atoms with Crippen molar-refractivity contribution >= 4 is 17.1 Å². The number of fused-ring (bicyclic) bond motifs is 1. The van der Waals surface area contributed by atoms with E-state index in [2.05, 4.69) is 9.97 Å². The van der Waals surface area contributed by atoms with Crippen LogP contribution < -0.4 is 16.8 Å². The minimum Gasteiger partial charge on any atom is -0.481 e. The van der Waals surface area contributed by atoms with Gasteiger partial charge in [0, 0.05) is 6.42 Å². The minimum absolute atomic E-state index is 0.299. The average molecular weight is 386 g/mol. The first-order valence-corrected chi connectivity index (χ1v) is 7.78. The number of hydrogen-bond donors (Lipinski definition) is 7. The van der Waals surface area contributed by atoms with Crippen molar-refractivity contribution in [2.45, 2.75) is 37.7 Å². The lowest BCUT2D eigenvalue weighted by atomic mass is 10.1. The van der Waals surface area contributed by atoms with E-state index in [9.17, 15) is 34.5 Å². The molecular weight excluding hydrogens is 368 g/mol. The summed E-state index contributed by atoms with van der Waals surface area (Å²) in [5.74, 6) is -1.21. The molecule has 7 N–H and O–H groups in total. The maximum Gasteiger partial charge on any atom is 0.327 e. The van der Waals surface area contributed by atoms with Gasteiger partial charge in [0.1, 0.15) is 29.7 Å². The highest BCUT2D eigenvalue weighted by Gasteiger charge is 2.26. The van der Waals surface area contributed by atoms with E-state index in [1.54, 1.807) is 0 Å². The molecule has 0 saturated heterocycles. The number of nitrogens with zero attached hydrogens (tertiary/aromatic N) is 2. The number of aliphatic carboxylic acids is 1. The Morgan fingerprint density at radius 1 is 1.11 bits per heavy atom. The molecule has 2 rings (SSSR count). The summed E-state index contributed by atoms with van der Waals surface area (Å²) >= 11 is 0. The zero-order valence-electron chi connectivity index (χ0n) is 13.8. The summed E-state index contributed by atoms with van der Waals surface area (Å²) in [4.78, 5) is 54.7. The molecule has 2 aromatic rings. The highest BCUT2D eigenvalue weighted by molar-refractivity contribution is 5.69. The zero-order chi connectivity index (χ0) is 20.3. The van der Waals surface area contributed by atoms with Gasteiger partial charge in [-0.3, -0.25) is 28.9 Å². The van der Waals surface area contributed by atoms with Crippen LogP contribution in [0, 0.1) is 0 Å². The second-order valence-corrected chi connectivity index (χ2v) is 5.78. The van der Waals surface area contributed by atoms with Crippen molar-refractivity contribution < 1.29 is 30.3 Å². The number of H-pyrrole nitrogens is 2. The molecule has 0 aliphatic rings. The van der Waals surface area contributed by atoms with E-state index in [4.69, 9.17) is 10.2 Å². The third-order valence-corrected chi connectivity index (χ3v) is 3.83. The predicted octanol–water partition coefficient (Wildman–Crippen LogP) is -4.13. The molecule has 2 aromatic heterocycles. The topological polar surface area (TPSA) is 219 Å². The Morgan fingerprint density at radius 3 is 2.37 bits per heavy atom. The van der Waals surface area contributed by atoms with Crippen molar-refractivity contribution in [3.63, 3.8) is 0 Å². The average Bonchev–Trinajstić information content (AvgIpc) is 2.61. The Hall–Kier alpha value is -2.87. The number of carboxylic acids is 1. The fourth-order valence-electron chi connectivity index (χ4n) is 2.43. The van der Waals surface area contributed by atoms with Crippen LogP contribution in [0.1, 0.15) is 12.1 Å². The summed E-state index contributed by atoms with van der Waals surface area (Å²) < 4.78 is 0.744. The molecule has 0 unspecified atom stereocenters. The molecule has 0 fully saturated rings. The fraction of sp³-hybridized carbons (Fsp3) is 0.500. The van der Waals surface area contributed by atoms with Gasteiger partial charge in [0.25, 0.3) is 11.1 Å². The van der Waals surface area contributed by atoms with Crippen LogP contribution in [0.25, 0.3) is 11.2 Å². The minimum atomic E-state index is -1.83. The van der Waals surface area contributed by atoms with E-state index in [0.29, 0.717) is 0 Å². The Labute approximate surface area is 149 Å². The van der Waals surface area contributed by atoms with E-state index in [1.165, 1.54) is 0 Å². The van der Waals surface area contributed by atoms with Crippen LogP contribution in [0.15, 0.2) is 14.4 Å². The number of nitrogens with one attached hydrogen (secondary N) is 2. The van der Waals surface area contributed by atoms with Crippen molar-refractivity contribution in [2.75, 3.05) is 6.61 Å². The molecule has 13 nitrogen and oxygen atoms in total. The van der Waals surface area contributed by atoms with Crippen LogP contribution in [0.5, 0.6) is 0 Å². The van der Waals surface area contributed by atoms with Gasteiger partial charge in [0.2, 0.25) is 0 Å². The third-order valence-electron chi connectivity index (χ3n) is 3.83. The number of aliphatic hydroxyl groups excluding tert-OH is 4. The molecule has 13 heteroatoms. The van der Waals surface area contributed by atoms with E-state index in [-0.39, 0.29) is 23.3 Å². The third kappa shape index (κ3) is 4.46. The first-order valence-electron chi connectivity index (χ1n) is 7.78. The van der Waals surface area contributed by atoms with Crippen LogP contribution in [0.3, 0.4) is 0 Å². The lowest BCUT2D eigenvalue weighted by Gasteiger charge is -2.22. The normalized spacial score (nSPS) is 14.8. The standard InChI is InChI=1S/C14H18N4O9/c19-4-7(21)10(24)6(20)3-18-11-9(12(25)17-14(27)16-11)15-5(13(18)26)1-2-8(22)23/h6-7,10,19-21,24H,1-4H2,(H,22,23)(H2,16,17,25,27)/t6-,7+,10-/m0/s1. The Morgan fingerprint density at radius 2 is 1.78 bits per heavy atom. The van der Waals surface area contributed by atoms with Crippen molar-refractivity contribution in [1.29, 1.82) is 0 Å². The van der Waals surface area contributed by atoms with E-state index < -0.39 is 60.7 Å². The second-order valence-electron chi connectivity index (χ2n) is 5.78. The second kappa shape index (κ2) is 8.22. The van der Waals surface area contributed by atoms with Crippen LogP contribution in [-0.4, -0.2) is 75.9 Å². The summed E-state index contributed by atoms with van der Waals surface area (Å²) in [6.07, 6.45) is -6.06. The molecule has 148 valence electrons. The fourth-order valence-corrected chi connectivity index (χ4v) is 2.43. The zero-order valence-corrected chi connectivity index (χ0v) is 13.8. The van der Waals surface area contributed by atoms with Gasteiger partial charge in [-0.1, -0.05) is 0 Å². The van der Waals surface area contributed by atoms with Crippen molar-refractivity contribution in [3.05, 3.63) is 36.9 Å². The predicted molar refractivity (Wildman–Crippen MR) is 88.3 cm³/mol. The molecule has 0 amide bonds. The summed E-state index contributed by atoms with van der Waals surface area (Å²) in [7, 11) is 0. The van der Waals surface area contributed by atoms with Crippen LogP contribution in [0.2, 0.25) is 0 Å². The van der Waals surface area contributed by atoms with Gasteiger partial charge in [0.15, 0.2) is 5.52 Å². The number of rotatable bonds is 8. The Bertz CT molecular complexity index is 1010. The first-order chi connectivity index (χ1) is 12.6.